The van der Waals surface area contributed by atoms with E-state index in [0.717, 1.165) is 11.1 Å². The summed E-state index contributed by atoms with van der Waals surface area (Å²) in [5.41, 5.74) is 2.96. The van der Waals surface area contributed by atoms with Crippen molar-refractivity contribution in [2.45, 2.75) is 41.2 Å². The van der Waals surface area contributed by atoms with Gasteiger partial charge >= 0.3 is 5.97 Å². The van der Waals surface area contributed by atoms with Crippen molar-refractivity contribution in [1.29, 1.82) is 0 Å². The second kappa shape index (κ2) is 9.66. The van der Waals surface area contributed by atoms with E-state index in [9.17, 15) is 14.4 Å². The summed E-state index contributed by atoms with van der Waals surface area (Å²) in [5, 5.41) is 0.249. The van der Waals surface area contributed by atoms with Crippen LogP contribution in [-0.2, 0) is 11.3 Å². The Hall–Kier alpha value is -4.07. The number of fused-ring (bicyclic) bond motifs is 2. The van der Waals surface area contributed by atoms with E-state index in [2.05, 4.69) is 4.99 Å². The van der Waals surface area contributed by atoms with Crippen molar-refractivity contribution in [3.63, 3.8) is 0 Å². The summed E-state index contributed by atoms with van der Waals surface area (Å²) in [7, 11) is 0. The van der Waals surface area contributed by atoms with Crippen LogP contribution in [0.15, 0.2) is 58.4 Å². The lowest BCUT2D eigenvalue weighted by Crippen LogP contribution is -2.34. The number of carbonyl (C=O) groups excluding carboxylic acids is 2. The van der Waals surface area contributed by atoms with Crippen LogP contribution in [0.3, 0.4) is 0 Å². The SMILES string of the molecule is CCOC(=O)c1cc2c(=O)n3cccc(C)c3nc2n(CC(C)C)c1=NC(=O)c1ccc(C)cc1. The molecule has 0 unspecified atom stereocenters. The van der Waals surface area contributed by atoms with Crippen molar-refractivity contribution in [3.8, 4) is 0 Å². The smallest absolute Gasteiger partial charge is 0.341 e. The van der Waals surface area contributed by atoms with E-state index in [1.807, 2.05) is 45.9 Å². The molecular weight excluding hydrogens is 444 g/mol. The molecule has 0 N–H and O–H groups in total. The Morgan fingerprint density at radius 3 is 2.46 bits per heavy atom. The van der Waals surface area contributed by atoms with Crippen molar-refractivity contribution >= 4 is 28.6 Å². The van der Waals surface area contributed by atoms with E-state index in [1.165, 1.54) is 10.5 Å². The molecule has 0 spiro atoms. The maximum atomic E-state index is 13.5. The molecule has 0 aliphatic heterocycles. The van der Waals surface area contributed by atoms with Gasteiger partial charge in [-0.25, -0.2) is 9.78 Å². The molecule has 0 atom stereocenters. The van der Waals surface area contributed by atoms with Gasteiger partial charge in [0, 0.05) is 18.3 Å². The molecule has 0 bridgehead atoms. The highest BCUT2D eigenvalue weighted by molar-refractivity contribution is 5.97. The largest absolute Gasteiger partial charge is 0.462 e. The van der Waals surface area contributed by atoms with Crippen molar-refractivity contribution in [1.82, 2.24) is 14.0 Å². The van der Waals surface area contributed by atoms with Gasteiger partial charge in [0.15, 0.2) is 5.49 Å². The summed E-state index contributed by atoms with van der Waals surface area (Å²) < 4.78 is 8.42. The zero-order chi connectivity index (χ0) is 25.3. The van der Waals surface area contributed by atoms with Gasteiger partial charge in [0.1, 0.15) is 16.9 Å². The normalized spacial score (nSPS) is 12.0. The molecule has 8 heteroatoms. The third-order valence-corrected chi connectivity index (χ3v) is 5.65. The first-order valence-electron chi connectivity index (χ1n) is 11.6. The first-order chi connectivity index (χ1) is 16.7. The second-order valence-corrected chi connectivity index (χ2v) is 8.93. The topological polar surface area (TPSA) is 95.0 Å². The predicted molar refractivity (Wildman–Crippen MR) is 134 cm³/mol. The van der Waals surface area contributed by atoms with Gasteiger partial charge in [0.05, 0.1) is 12.0 Å². The van der Waals surface area contributed by atoms with Crippen LogP contribution in [0.25, 0.3) is 16.7 Å². The van der Waals surface area contributed by atoms with Crippen LogP contribution in [0.5, 0.6) is 0 Å². The van der Waals surface area contributed by atoms with E-state index < -0.39 is 11.9 Å². The number of esters is 1. The lowest BCUT2D eigenvalue weighted by molar-refractivity contribution is 0.0523. The van der Waals surface area contributed by atoms with Crippen LogP contribution in [0.1, 0.15) is 52.6 Å². The van der Waals surface area contributed by atoms with Gasteiger partial charge in [-0.05, 0) is 56.5 Å². The molecule has 4 rings (SSSR count). The number of aromatic nitrogens is 3. The fourth-order valence-corrected chi connectivity index (χ4v) is 3.96. The fraction of sp³-hybridized carbons (Fsp3) is 0.296. The number of rotatable bonds is 5. The van der Waals surface area contributed by atoms with Crippen molar-refractivity contribution < 1.29 is 14.3 Å². The van der Waals surface area contributed by atoms with Gasteiger partial charge in [-0.3, -0.25) is 14.0 Å². The number of nitrogens with zero attached hydrogens (tertiary/aromatic N) is 4. The van der Waals surface area contributed by atoms with E-state index in [1.54, 1.807) is 35.9 Å². The van der Waals surface area contributed by atoms with Crippen LogP contribution >= 0.6 is 0 Å². The standard InChI is InChI=1S/C27H28N4O4/c1-6-35-27(34)21-14-20-23(28-22-18(5)8-7-13-30(22)26(20)33)31(15-16(2)3)24(21)29-25(32)19-11-9-17(4)10-12-19/h7-14,16H,6,15H2,1-5H3. The molecule has 0 saturated heterocycles. The van der Waals surface area contributed by atoms with Crippen LogP contribution in [0.2, 0.25) is 0 Å². The Balaban J connectivity index is 2.15. The average molecular weight is 473 g/mol. The molecule has 3 heterocycles. The highest BCUT2D eigenvalue weighted by Gasteiger charge is 2.21. The first-order valence-corrected chi connectivity index (χ1v) is 11.6. The summed E-state index contributed by atoms with van der Waals surface area (Å²) in [4.78, 5) is 48.8. The number of aryl methyl sites for hydroxylation is 2. The summed E-state index contributed by atoms with van der Waals surface area (Å²) in [6.45, 7) is 10.0. The molecule has 0 aliphatic carbocycles. The van der Waals surface area contributed by atoms with E-state index in [4.69, 9.17) is 9.72 Å². The maximum absolute atomic E-state index is 13.5. The minimum Gasteiger partial charge on any atom is -0.462 e. The molecule has 0 radical (unpaired) electrons. The molecule has 180 valence electrons. The Morgan fingerprint density at radius 2 is 1.80 bits per heavy atom. The fourth-order valence-electron chi connectivity index (χ4n) is 3.96. The van der Waals surface area contributed by atoms with E-state index in [-0.39, 0.29) is 34.5 Å². The monoisotopic (exact) mass is 472 g/mol. The number of pyridine rings is 2. The highest BCUT2D eigenvalue weighted by Crippen LogP contribution is 2.15. The molecule has 1 aromatic carbocycles. The van der Waals surface area contributed by atoms with Gasteiger partial charge in [-0.1, -0.05) is 37.6 Å². The van der Waals surface area contributed by atoms with E-state index >= 15 is 0 Å². The number of ether oxygens (including phenoxy) is 1. The number of hydrogen-bond acceptors (Lipinski definition) is 5. The van der Waals surface area contributed by atoms with Crippen LogP contribution in [0.4, 0.5) is 0 Å². The molecule has 4 aromatic rings. The Morgan fingerprint density at radius 1 is 1.09 bits per heavy atom. The molecule has 1 amide bonds. The van der Waals surface area contributed by atoms with Gasteiger partial charge in [-0.2, -0.15) is 4.99 Å². The van der Waals surface area contributed by atoms with Crippen molar-refractivity contribution in [2.75, 3.05) is 6.61 Å². The molecule has 0 aliphatic rings. The van der Waals surface area contributed by atoms with Crippen molar-refractivity contribution in [3.05, 3.63) is 86.8 Å². The van der Waals surface area contributed by atoms with Gasteiger partial charge in [0.25, 0.3) is 11.5 Å². The summed E-state index contributed by atoms with van der Waals surface area (Å²) in [6.07, 6.45) is 1.65. The number of amides is 1. The molecule has 35 heavy (non-hydrogen) atoms. The zero-order valence-corrected chi connectivity index (χ0v) is 20.5. The Kier molecular flexibility index (Phi) is 6.64. The van der Waals surface area contributed by atoms with Gasteiger partial charge in [0.2, 0.25) is 0 Å². The summed E-state index contributed by atoms with van der Waals surface area (Å²) in [6, 6.07) is 12.1. The molecular formula is C27H28N4O4. The molecule has 0 saturated carbocycles. The Labute approximate surface area is 202 Å². The predicted octanol–water partition coefficient (Wildman–Crippen LogP) is 3.84. The minimum absolute atomic E-state index is 0.0481. The average Bonchev–Trinajstić information content (AvgIpc) is 2.81. The molecule has 0 fully saturated rings. The lowest BCUT2D eigenvalue weighted by atomic mass is 10.1. The maximum Gasteiger partial charge on any atom is 0.341 e. The third kappa shape index (κ3) is 4.64. The highest BCUT2D eigenvalue weighted by atomic mass is 16.5. The van der Waals surface area contributed by atoms with Crippen LogP contribution in [-0.4, -0.2) is 32.4 Å². The van der Waals surface area contributed by atoms with Crippen molar-refractivity contribution in [2.24, 2.45) is 10.9 Å². The summed E-state index contributed by atoms with van der Waals surface area (Å²) >= 11 is 0. The van der Waals surface area contributed by atoms with Gasteiger partial charge in [-0.15, -0.1) is 0 Å². The minimum atomic E-state index is -0.656. The first kappa shape index (κ1) is 24.1. The number of hydrogen-bond donors (Lipinski definition) is 0. The lowest BCUT2D eigenvalue weighted by Gasteiger charge is -2.17. The number of benzene rings is 1. The third-order valence-electron chi connectivity index (χ3n) is 5.65. The molecule has 3 aromatic heterocycles. The Bertz CT molecular complexity index is 1580. The van der Waals surface area contributed by atoms with Crippen LogP contribution in [0, 0.1) is 19.8 Å². The van der Waals surface area contributed by atoms with Gasteiger partial charge < -0.3 is 9.30 Å². The number of carbonyl (C=O) groups is 2. The molecule has 8 nitrogen and oxygen atoms in total. The van der Waals surface area contributed by atoms with Crippen LogP contribution < -0.4 is 11.0 Å². The van der Waals surface area contributed by atoms with E-state index in [0.29, 0.717) is 23.4 Å². The second-order valence-electron chi connectivity index (χ2n) is 8.93. The quantitative estimate of drug-likeness (QED) is 0.325. The summed E-state index contributed by atoms with van der Waals surface area (Å²) in [5.74, 6) is -1.04. The zero-order valence-electron chi connectivity index (χ0n) is 20.5.